The zero-order valence-corrected chi connectivity index (χ0v) is 11.0. The van der Waals surface area contributed by atoms with E-state index in [9.17, 15) is 9.59 Å². The standard InChI is InChI=1S/C14H18N2O3/c1-10(18)16-7-6-11-9-12(4-5-13(11)16)15-14(19)3-2-8-17/h4-5,9,17H,2-3,6-8H2,1H3,(H,15,19). The minimum Gasteiger partial charge on any atom is -0.396 e. The number of hydrogen-bond donors (Lipinski definition) is 2. The molecule has 19 heavy (non-hydrogen) atoms. The number of benzene rings is 1. The minimum atomic E-state index is -0.101. The molecule has 0 spiro atoms. The van der Waals surface area contributed by atoms with Gasteiger partial charge in [-0.25, -0.2) is 0 Å². The summed E-state index contributed by atoms with van der Waals surface area (Å²) in [4.78, 5) is 24.7. The van der Waals surface area contributed by atoms with Crippen LogP contribution in [0.3, 0.4) is 0 Å². The number of amides is 2. The van der Waals surface area contributed by atoms with Crippen LogP contribution < -0.4 is 10.2 Å². The molecule has 2 amide bonds. The first kappa shape index (κ1) is 13.5. The van der Waals surface area contributed by atoms with Gasteiger partial charge in [0.05, 0.1) is 0 Å². The highest BCUT2D eigenvalue weighted by Crippen LogP contribution is 2.30. The maximum atomic E-state index is 11.6. The number of nitrogens with zero attached hydrogens (tertiary/aromatic N) is 1. The highest BCUT2D eigenvalue weighted by atomic mass is 16.3. The summed E-state index contributed by atoms with van der Waals surface area (Å²) in [7, 11) is 0. The molecule has 0 bridgehead atoms. The van der Waals surface area contributed by atoms with Crippen molar-refractivity contribution in [1.82, 2.24) is 0 Å². The SMILES string of the molecule is CC(=O)N1CCc2cc(NC(=O)CCCO)ccc21. The van der Waals surface area contributed by atoms with Crippen LogP contribution in [0.1, 0.15) is 25.3 Å². The second kappa shape index (κ2) is 5.84. The molecule has 1 aliphatic rings. The summed E-state index contributed by atoms with van der Waals surface area (Å²) in [5, 5.41) is 11.5. The van der Waals surface area contributed by atoms with E-state index in [2.05, 4.69) is 5.32 Å². The lowest BCUT2D eigenvalue weighted by molar-refractivity contribution is -0.117. The first-order chi connectivity index (χ1) is 9.11. The van der Waals surface area contributed by atoms with Crippen LogP contribution in [-0.2, 0) is 16.0 Å². The molecule has 1 aliphatic heterocycles. The number of hydrogen-bond acceptors (Lipinski definition) is 3. The fourth-order valence-corrected chi connectivity index (χ4v) is 2.27. The molecule has 5 heteroatoms. The van der Waals surface area contributed by atoms with Gasteiger partial charge in [-0.15, -0.1) is 0 Å². The van der Waals surface area contributed by atoms with Crippen LogP contribution in [-0.4, -0.2) is 30.1 Å². The molecular formula is C14H18N2O3. The Balaban J connectivity index is 2.06. The lowest BCUT2D eigenvalue weighted by atomic mass is 10.1. The van der Waals surface area contributed by atoms with Crippen molar-refractivity contribution in [3.63, 3.8) is 0 Å². The first-order valence-corrected chi connectivity index (χ1v) is 6.43. The molecule has 0 aromatic heterocycles. The number of rotatable bonds is 4. The van der Waals surface area contributed by atoms with Gasteiger partial charge in [0.2, 0.25) is 11.8 Å². The van der Waals surface area contributed by atoms with Gasteiger partial charge in [0.25, 0.3) is 0 Å². The highest BCUT2D eigenvalue weighted by molar-refractivity contribution is 5.95. The summed E-state index contributed by atoms with van der Waals surface area (Å²) in [6.07, 6.45) is 1.59. The van der Waals surface area contributed by atoms with Gasteiger partial charge in [-0.3, -0.25) is 9.59 Å². The van der Waals surface area contributed by atoms with E-state index < -0.39 is 0 Å². The lowest BCUT2D eigenvalue weighted by Gasteiger charge is -2.15. The Labute approximate surface area is 112 Å². The third-order valence-corrected chi connectivity index (χ3v) is 3.20. The third-order valence-electron chi connectivity index (χ3n) is 3.20. The fourth-order valence-electron chi connectivity index (χ4n) is 2.27. The van der Waals surface area contributed by atoms with Crippen molar-refractivity contribution in [1.29, 1.82) is 0 Å². The van der Waals surface area contributed by atoms with Crippen molar-refractivity contribution in [2.75, 3.05) is 23.4 Å². The topological polar surface area (TPSA) is 69.6 Å². The molecule has 0 saturated heterocycles. The summed E-state index contributed by atoms with van der Waals surface area (Å²) < 4.78 is 0. The first-order valence-electron chi connectivity index (χ1n) is 6.43. The fraction of sp³-hybridized carbons (Fsp3) is 0.429. The quantitative estimate of drug-likeness (QED) is 0.859. The van der Waals surface area contributed by atoms with Crippen molar-refractivity contribution in [2.24, 2.45) is 0 Å². The molecule has 0 radical (unpaired) electrons. The van der Waals surface area contributed by atoms with Gasteiger partial charge in [-0.2, -0.15) is 0 Å². The largest absolute Gasteiger partial charge is 0.396 e. The highest BCUT2D eigenvalue weighted by Gasteiger charge is 2.22. The smallest absolute Gasteiger partial charge is 0.224 e. The maximum absolute atomic E-state index is 11.6. The predicted octanol–water partition coefficient (Wildman–Crippen LogP) is 1.31. The molecule has 0 aliphatic carbocycles. The van der Waals surface area contributed by atoms with Crippen molar-refractivity contribution in [3.05, 3.63) is 23.8 Å². The van der Waals surface area contributed by atoms with Gasteiger partial charge in [0.15, 0.2) is 0 Å². The van der Waals surface area contributed by atoms with Gasteiger partial charge in [-0.1, -0.05) is 0 Å². The summed E-state index contributed by atoms with van der Waals surface area (Å²) >= 11 is 0. The van der Waals surface area contributed by atoms with Crippen molar-refractivity contribution in [2.45, 2.75) is 26.2 Å². The Kier molecular flexibility index (Phi) is 4.16. The van der Waals surface area contributed by atoms with Crippen LogP contribution in [0.25, 0.3) is 0 Å². The number of aliphatic hydroxyl groups is 1. The van der Waals surface area contributed by atoms with Crippen LogP contribution >= 0.6 is 0 Å². The molecule has 2 N–H and O–H groups in total. The second-order valence-corrected chi connectivity index (χ2v) is 4.64. The van der Waals surface area contributed by atoms with E-state index in [4.69, 9.17) is 5.11 Å². The van der Waals surface area contributed by atoms with E-state index in [1.807, 2.05) is 12.1 Å². The molecule has 0 saturated carbocycles. The number of carbonyl (C=O) groups is 2. The normalized spacial score (nSPS) is 13.3. The Morgan fingerprint density at radius 2 is 2.21 bits per heavy atom. The van der Waals surface area contributed by atoms with Crippen molar-refractivity contribution < 1.29 is 14.7 Å². The van der Waals surface area contributed by atoms with E-state index in [-0.39, 0.29) is 18.4 Å². The van der Waals surface area contributed by atoms with Crippen LogP contribution in [0, 0.1) is 0 Å². The van der Waals surface area contributed by atoms with E-state index in [1.165, 1.54) is 0 Å². The summed E-state index contributed by atoms with van der Waals surface area (Å²) in [6, 6.07) is 5.58. The van der Waals surface area contributed by atoms with Gasteiger partial charge in [0.1, 0.15) is 0 Å². The number of fused-ring (bicyclic) bond motifs is 1. The predicted molar refractivity (Wildman–Crippen MR) is 73.1 cm³/mol. The van der Waals surface area contributed by atoms with Crippen LogP contribution in [0.4, 0.5) is 11.4 Å². The molecular weight excluding hydrogens is 244 g/mol. The van der Waals surface area contributed by atoms with Crippen LogP contribution in [0.15, 0.2) is 18.2 Å². The average molecular weight is 262 g/mol. The Morgan fingerprint density at radius 1 is 1.42 bits per heavy atom. The summed E-state index contributed by atoms with van der Waals surface area (Å²) in [5.74, 6) is -0.0612. The van der Waals surface area contributed by atoms with E-state index >= 15 is 0 Å². The Hall–Kier alpha value is -1.88. The van der Waals surface area contributed by atoms with Crippen LogP contribution in [0.5, 0.6) is 0 Å². The van der Waals surface area contributed by atoms with Crippen molar-refractivity contribution >= 4 is 23.2 Å². The van der Waals surface area contributed by atoms with Crippen molar-refractivity contribution in [3.8, 4) is 0 Å². The molecule has 2 rings (SSSR count). The molecule has 5 nitrogen and oxygen atoms in total. The third kappa shape index (κ3) is 3.12. The van der Waals surface area contributed by atoms with Gasteiger partial charge >= 0.3 is 0 Å². The molecule has 1 heterocycles. The maximum Gasteiger partial charge on any atom is 0.224 e. The molecule has 1 aromatic carbocycles. The average Bonchev–Trinajstić information content (AvgIpc) is 2.79. The molecule has 0 fully saturated rings. The van der Waals surface area contributed by atoms with E-state index in [0.717, 1.165) is 23.4 Å². The lowest BCUT2D eigenvalue weighted by Crippen LogP contribution is -2.25. The minimum absolute atomic E-state index is 0.0190. The molecule has 102 valence electrons. The number of aliphatic hydroxyl groups excluding tert-OH is 1. The van der Waals surface area contributed by atoms with Crippen LogP contribution in [0.2, 0.25) is 0 Å². The second-order valence-electron chi connectivity index (χ2n) is 4.64. The summed E-state index contributed by atoms with van der Waals surface area (Å²) in [6.45, 7) is 2.28. The molecule has 0 atom stereocenters. The number of nitrogens with one attached hydrogen (secondary N) is 1. The monoisotopic (exact) mass is 262 g/mol. The van der Waals surface area contributed by atoms with Gasteiger partial charge < -0.3 is 15.3 Å². The Morgan fingerprint density at radius 3 is 2.89 bits per heavy atom. The van der Waals surface area contributed by atoms with Gasteiger partial charge in [-0.05, 0) is 36.6 Å². The number of carbonyl (C=O) groups excluding carboxylic acids is 2. The summed E-state index contributed by atoms with van der Waals surface area (Å²) in [5.41, 5.74) is 2.75. The zero-order chi connectivity index (χ0) is 13.8. The molecule has 1 aromatic rings. The Bertz CT molecular complexity index is 499. The van der Waals surface area contributed by atoms with Gasteiger partial charge in [0, 0.05) is 37.9 Å². The number of anilines is 2. The van der Waals surface area contributed by atoms with E-state index in [1.54, 1.807) is 17.9 Å². The zero-order valence-electron chi connectivity index (χ0n) is 11.0. The van der Waals surface area contributed by atoms with E-state index in [0.29, 0.717) is 19.4 Å². The molecule has 0 unspecified atom stereocenters.